The van der Waals surface area contributed by atoms with E-state index in [9.17, 15) is 9.90 Å². The van der Waals surface area contributed by atoms with Crippen LogP contribution in [0.5, 0.6) is 5.75 Å². The van der Waals surface area contributed by atoms with E-state index in [0.29, 0.717) is 13.1 Å². The summed E-state index contributed by atoms with van der Waals surface area (Å²) in [5.74, 6) is 0.417. The first-order valence-corrected chi connectivity index (χ1v) is 6.36. The number of furan rings is 1. The summed E-state index contributed by atoms with van der Waals surface area (Å²) in [6, 6.07) is 11.2. The molecule has 1 heterocycles. The summed E-state index contributed by atoms with van der Waals surface area (Å²) < 4.78 is 10.6. The summed E-state index contributed by atoms with van der Waals surface area (Å²) in [6.07, 6.45) is 1.58. The number of nitrogens with one attached hydrogen (secondary N) is 1. The Morgan fingerprint density at radius 3 is 2.70 bits per heavy atom. The van der Waals surface area contributed by atoms with Crippen LogP contribution < -0.4 is 14.7 Å². The zero-order chi connectivity index (χ0) is 14.4. The molecule has 5 nitrogen and oxygen atoms in total. The van der Waals surface area contributed by atoms with Crippen molar-refractivity contribution in [3.63, 3.8) is 0 Å². The number of quaternary nitrogens is 1. The number of benzene rings is 1. The largest absolute Gasteiger partial charge is 0.544 e. The van der Waals surface area contributed by atoms with Crippen molar-refractivity contribution in [1.29, 1.82) is 0 Å². The Labute approximate surface area is 117 Å². The van der Waals surface area contributed by atoms with Crippen LogP contribution in [0.15, 0.2) is 47.1 Å². The highest BCUT2D eigenvalue weighted by molar-refractivity contribution is 5.65. The van der Waals surface area contributed by atoms with Crippen LogP contribution in [-0.2, 0) is 17.9 Å². The van der Waals surface area contributed by atoms with Gasteiger partial charge in [-0.25, -0.2) is 0 Å². The molecule has 0 bridgehead atoms. The number of hydrogen-bond donors (Lipinski definition) is 1. The van der Waals surface area contributed by atoms with Crippen LogP contribution in [0.2, 0.25) is 0 Å². The van der Waals surface area contributed by atoms with Gasteiger partial charge in [0.1, 0.15) is 25.4 Å². The van der Waals surface area contributed by atoms with Gasteiger partial charge in [0.25, 0.3) is 0 Å². The molecule has 0 saturated carbocycles. The maximum atomic E-state index is 10.9. The predicted molar refractivity (Wildman–Crippen MR) is 69.9 cm³/mol. The first kappa shape index (κ1) is 14.1. The average Bonchev–Trinajstić information content (AvgIpc) is 2.91. The van der Waals surface area contributed by atoms with Gasteiger partial charge < -0.3 is 24.0 Å². The summed E-state index contributed by atoms with van der Waals surface area (Å²) in [5.41, 5.74) is 0.956. The summed E-state index contributed by atoms with van der Waals surface area (Å²) in [7, 11) is 1.60. The Morgan fingerprint density at radius 1 is 1.25 bits per heavy atom. The van der Waals surface area contributed by atoms with Crippen molar-refractivity contribution in [3.8, 4) is 5.75 Å². The van der Waals surface area contributed by atoms with Crippen LogP contribution in [-0.4, -0.2) is 19.6 Å². The Hall–Kier alpha value is -2.27. The molecule has 2 rings (SSSR count). The minimum Gasteiger partial charge on any atom is -0.544 e. The molecule has 1 N–H and O–H groups in total. The van der Waals surface area contributed by atoms with Crippen LogP contribution in [0.4, 0.5) is 0 Å². The molecule has 1 unspecified atom stereocenters. The van der Waals surface area contributed by atoms with Crippen LogP contribution in [0.3, 0.4) is 0 Å². The number of hydrogen-bond acceptors (Lipinski definition) is 4. The monoisotopic (exact) mass is 275 g/mol. The molecule has 2 aromatic rings. The number of aliphatic carboxylic acids is 1. The van der Waals surface area contributed by atoms with Gasteiger partial charge in [0.2, 0.25) is 0 Å². The molecule has 1 atom stereocenters. The fourth-order valence-electron chi connectivity index (χ4n) is 2.17. The molecule has 0 aliphatic heterocycles. The van der Waals surface area contributed by atoms with E-state index in [-0.39, 0.29) is 6.54 Å². The summed E-state index contributed by atoms with van der Waals surface area (Å²) >= 11 is 0. The van der Waals surface area contributed by atoms with Gasteiger partial charge in [-0.3, -0.25) is 0 Å². The maximum Gasteiger partial charge on any atom is 0.157 e. The summed E-state index contributed by atoms with van der Waals surface area (Å²) in [6.45, 7) is 0.927. The van der Waals surface area contributed by atoms with E-state index in [1.54, 1.807) is 19.4 Å². The fourth-order valence-corrected chi connectivity index (χ4v) is 2.17. The Morgan fingerprint density at radius 2 is 2.05 bits per heavy atom. The fraction of sp³-hybridized carbons (Fsp3) is 0.267. The number of ether oxygens (including phenoxy) is 1. The van der Waals surface area contributed by atoms with Crippen molar-refractivity contribution in [2.24, 2.45) is 0 Å². The van der Waals surface area contributed by atoms with Gasteiger partial charge >= 0.3 is 0 Å². The number of methoxy groups -OCH3 is 1. The van der Waals surface area contributed by atoms with E-state index in [4.69, 9.17) is 9.15 Å². The summed E-state index contributed by atoms with van der Waals surface area (Å²) in [5, 5.41) is 10.9. The van der Waals surface area contributed by atoms with E-state index in [2.05, 4.69) is 0 Å². The Bertz CT molecular complexity index is 551. The smallest absolute Gasteiger partial charge is 0.157 e. The second kappa shape index (κ2) is 6.77. The second-order valence-electron chi connectivity index (χ2n) is 4.54. The number of carboxylic acid groups (broad SMARTS) is 1. The van der Waals surface area contributed by atoms with Gasteiger partial charge in [-0.2, -0.15) is 0 Å². The van der Waals surface area contributed by atoms with Gasteiger partial charge in [-0.05, 0) is 24.3 Å². The number of carbonyl (C=O) groups is 1. The predicted octanol–water partition coefficient (Wildman–Crippen LogP) is -0.377. The third-order valence-electron chi connectivity index (χ3n) is 3.03. The average molecular weight is 275 g/mol. The number of para-hydroxylation sites is 1. The topological polar surface area (TPSA) is 66.9 Å². The Balaban J connectivity index is 2.12. The highest BCUT2D eigenvalue weighted by Crippen LogP contribution is 2.15. The van der Waals surface area contributed by atoms with Crippen molar-refractivity contribution in [2.75, 3.05) is 13.7 Å². The van der Waals surface area contributed by atoms with E-state index >= 15 is 0 Å². The van der Waals surface area contributed by atoms with E-state index in [1.807, 2.05) is 30.3 Å². The van der Waals surface area contributed by atoms with Crippen molar-refractivity contribution >= 4 is 5.97 Å². The quantitative estimate of drug-likeness (QED) is 0.748. The van der Waals surface area contributed by atoms with Crippen molar-refractivity contribution in [1.82, 2.24) is 0 Å². The normalized spacial score (nSPS) is 12.1. The van der Waals surface area contributed by atoms with Crippen molar-refractivity contribution in [3.05, 3.63) is 54.0 Å². The molecule has 106 valence electrons. The lowest BCUT2D eigenvalue weighted by Crippen LogP contribution is -3.10. The minimum atomic E-state index is -1.08. The highest BCUT2D eigenvalue weighted by atomic mass is 16.5. The lowest BCUT2D eigenvalue weighted by molar-refractivity contribution is -0.922. The lowest BCUT2D eigenvalue weighted by Gasteiger charge is -2.20. The molecule has 1 aromatic carbocycles. The zero-order valence-electron chi connectivity index (χ0n) is 11.3. The molecule has 0 spiro atoms. The van der Waals surface area contributed by atoms with Crippen LogP contribution in [0.25, 0.3) is 0 Å². The molecule has 0 amide bonds. The lowest BCUT2D eigenvalue weighted by atomic mass is 10.2. The molecular weight excluding hydrogens is 258 g/mol. The molecule has 0 saturated heterocycles. The molecule has 1 aromatic heterocycles. The molecular formula is C15H17NO4. The second-order valence-corrected chi connectivity index (χ2v) is 4.54. The number of rotatable bonds is 7. The minimum absolute atomic E-state index is 0.0846. The van der Waals surface area contributed by atoms with Crippen LogP contribution >= 0.6 is 0 Å². The maximum absolute atomic E-state index is 10.9. The molecule has 0 aliphatic carbocycles. The van der Waals surface area contributed by atoms with E-state index in [0.717, 1.165) is 22.0 Å². The zero-order valence-corrected chi connectivity index (χ0v) is 11.3. The van der Waals surface area contributed by atoms with Crippen molar-refractivity contribution in [2.45, 2.75) is 13.1 Å². The SMILES string of the molecule is COc1ccccc1C[NH+](CC(=O)[O-])Cc1ccco1. The van der Waals surface area contributed by atoms with E-state index < -0.39 is 5.97 Å². The van der Waals surface area contributed by atoms with Crippen LogP contribution in [0, 0.1) is 0 Å². The molecule has 0 fully saturated rings. The first-order chi connectivity index (χ1) is 9.69. The molecule has 20 heavy (non-hydrogen) atoms. The standard InChI is InChI=1S/C15H17NO4/c1-19-14-7-3-2-5-12(14)9-16(11-15(17)18)10-13-6-4-8-20-13/h2-8H,9-11H2,1H3,(H,17,18). The van der Waals surface area contributed by atoms with Crippen LogP contribution in [0.1, 0.15) is 11.3 Å². The van der Waals surface area contributed by atoms with Gasteiger partial charge in [0.05, 0.1) is 19.3 Å². The molecule has 0 radical (unpaired) electrons. The summed E-state index contributed by atoms with van der Waals surface area (Å²) in [4.78, 5) is 11.7. The van der Waals surface area contributed by atoms with Gasteiger partial charge in [-0.15, -0.1) is 0 Å². The van der Waals surface area contributed by atoms with Gasteiger partial charge in [-0.1, -0.05) is 12.1 Å². The van der Waals surface area contributed by atoms with Gasteiger partial charge in [0.15, 0.2) is 5.76 Å². The first-order valence-electron chi connectivity index (χ1n) is 6.36. The van der Waals surface area contributed by atoms with Gasteiger partial charge in [0, 0.05) is 5.56 Å². The van der Waals surface area contributed by atoms with Crippen molar-refractivity contribution < 1.29 is 24.0 Å². The number of carboxylic acids is 1. The number of carbonyl (C=O) groups excluding carboxylic acids is 1. The highest BCUT2D eigenvalue weighted by Gasteiger charge is 2.15. The Kier molecular flexibility index (Phi) is 4.79. The molecule has 5 heteroatoms. The third-order valence-corrected chi connectivity index (χ3v) is 3.03. The third kappa shape index (κ3) is 3.86. The molecule has 0 aliphatic rings. The van der Waals surface area contributed by atoms with E-state index in [1.165, 1.54) is 0 Å².